The predicted octanol–water partition coefficient (Wildman–Crippen LogP) is 0.812. The van der Waals surface area contributed by atoms with E-state index in [4.69, 9.17) is 4.74 Å². The number of hydrogen-bond donors (Lipinski definition) is 1. The van der Waals surface area contributed by atoms with E-state index in [1.165, 1.54) is 0 Å². The standard InChI is InChI=1S/C15H28N2O3S/c1-12(2)20-11-13(18)10-17-5-3-4-14(17)15(19)16-6-8-21-9-7-16/h12-14,18H,3-11H2,1-2H3/t13-,14+/m0/s1. The van der Waals surface area contributed by atoms with Crippen molar-refractivity contribution in [3.63, 3.8) is 0 Å². The smallest absolute Gasteiger partial charge is 0.239 e. The lowest BCUT2D eigenvalue weighted by Gasteiger charge is -2.33. The van der Waals surface area contributed by atoms with Crippen LogP contribution < -0.4 is 0 Å². The van der Waals surface area contributed by atoms with Gasteiger partial charge in [-0.15, -0.1) is 0 Å². The average molecular weight is 316 g/mol. The van der Waals surface area contributed by atoms with Gasteiger partial charge in [-0.1, -0.05) is 0 Å². The third kappa shape index (κ3) is 5.13. The molecule has 6 heteroatoms. The molecule has 1 N–H and O–H groups in total. The van der Waals surface area contributed by atoms with Gasteiger partial charge in [-0.05, 0) is 33.2 Å². The van der Waals surface area contributed by atoms with E-state index in [2.05, 4.69) is 4.90 Å². The Labute approximate surface area is 132 Å². The molecule has 0 radical (unpaired) electrons. The Morgan fingerprint density at radius 1 is 1.33 bits per heavy atom. The highest BCUT2D eigenvalue weighted by molar-refractivity contribution is 7.99. The summed E-state index contributed by atoms with van der Waals surface area (Å²) >= 11 is 1.92. The fourth-order valence-corrected chi connectivity index (χ4v) is 3.85. The number of carbonyl (C=O) groups is 1. The number of rotatable bonds is 6. The van der Waals surface area contributed by atoms with E-state index in [1.54, 1.807) is 0 Å². The summed E-state index contributed by atoms with van der Waals surface area (Å²) in [5.41, 5.74) is 0. The van der Waals surface area contributed by atoms with Crippen LogP contribution in [0.5, 0.6) is 0 Å². The summed E-state index contributed by atoms with van der Waals surface area (Å²) in [5, 5.41) is 10.1. The molecule has 5 nitrogen and oxygen atoms in total. The number of ether oxygens (including phenoxy) is 1. The van der Waals surface area contributed by atoms with E-state index in [9.17, 15) is 9.90 Å². The normalized spacial score (nSPS) is 25.5. The van der Waals surface area contributed by atoms with Crippen molar-refractivity contribution in [1.82, 2.24) is 9.80 Å². The summed E-state index contributed by atoms with van der Waals surface area (Å²) in [6.07, 6.45) is 1.57. The van der Waals surface area contributed by atoms with Crippen molar-refractivity contribution < 1.29 is 14.6 Å². The van der Waals surface area contributed by atoms with Crippen LogP contribution in [0.2, 0.25) is 0 Å². The molecule has 0 saturated carbocycles. The zero-order valence-electron chi connectivity index (χ0n) is 13.2. The molecule has 0 bridgehead atoms. The number of aliphatic hydroxyl groups is 1. The Morgan fingerprint density at radius 2 is 2.05 bits per heavy atom. The first kappa shape index (κ1) is 17.1. The van der Waals surface area contributed by atoms with E-state index < -0.39 is 6.10 Å². The Hall–Kier alpha value is -0.300. The van der Waals surface area contributed by atoms with Crippen molar-refractivity contribution in [2.24, 2.45) is 0 Å². The molecule has 0 spiro atoms. The first-order chi connectivity index (χ1) is 10.1. The summed E-state index contributed by atoms with van der Waals surface area (Å²) < 4.78 is 5.45. The van der Waals surface area contributed by atoms with Crippen molar-refractivity contribution in [2.45, 2.75) is 44.9 Å². The van der Waals surface area contributed by atoms with Crippen LogP contribution in [0.15, 0.2) is 0 Å². The lowest BCUT2D eigenvalue weighted by molar-refractivity contribution is -0.136. The van der Waals surface area contributed by atoms with E-state index in [0.717, 1.165) is 44.0 Å². The lowest BCUT2D eigenvalue weighted by atomic mass is 10.2. The molecule has 2 aliphatic rings. The second-order valence-electron chi connectivity index (χ2n) is 6.13. The largest absolute Gasteiger partial charge is 0.389 e. The molecular weight excluding hydrogens is 288 g/mol. The number of carbonyl (C=O) groups excluding carboxylic acids is 1. The SMILES string of the molecule is CC(C)OC[C@@H](O)CN1CCC[C@@H]1C(=O)N1CCSCC1. The zero-order chi connectivity index (χ0) is 15.2. The molecule has 2 aliphatic heterocycles. The Balaban J connectivity index is 1.83. The Kier molecular flexibility index (Phi) is 6.79. The van der Waals surface area contributed by atoms with Crippen molar-refractivity contribution in [3.05, 3.63) is 0 Å². The maximum absolute atomic E-state index is 12.6. The number of nitrogens with zero attached hydrogens (tertiary/aromatic N) is 2. The van der Waals surface area contributed by atoms with Gasteiger partial charge in [0.25, 0.3) is 0 Å². The van der Waals surface area contributed by atoms with Gasteiger partial charge in [0.1, 0.15) is 0 Å². The third-order valence-electron chi connectivity index (χ3n) is 4.04. The van der Waals surface area contributed by atoms with Gasteiger partial charge < -0.3 is 14.7 Å². The summed E-state index contributed by atoms with van der Waals surface area (Å²) in [6.45, 7) is 7.44. The van der Waals surface area contributed by atoms with Crippen LogP contribution in [0, 0.1) is 0 Å². The van der Waals surface area contributed by atoms with Gasteiger partial charge in [0.15, 0.2) is 0 Å². The molecule has 2 rings (SSSR count). The highest BCUT2D eigenvalue weighted by atomic mass is 32.2. The first-order valence-electron chi connectivity index (χ1n) is 7.98. The maximum atomic E-state index is 12.6. The van der Waals surface area contributed by atoms with Crippen molar-refractivity contribution >= 4 is 17.7 Å². The minimum atomic E-state index is -0.516. The average Bonchev–Trinajstić information content (AvgIpc) is 2.93. The molecule has 0 aromatic heterocycles. The molecule has 122 valence electrons. The molecule has 2 fully saturated rings. The number of β-amino-alcohol motifs (C(OH)–C–C–N with tert-alkyl or cyclic N) is 1. The number of thioether (sulfide) groups is 1. The summed E-state index contributed by atoms with van der Waals surface area (Å²) in [7, 11) is 0. The Bertz CT molecular complexity index is 335. The summed E-state index contributed by atoms with van der Waals surface area (Å²) in [5.74, 6) is 2.34. The van der Waals surface area contributed by atoms with E-state index in [-0.39, 0.29) is 18.1 Å². The van der Waals surface area contributed by atoms with E-state index >= 15 is 0 Å². The molecule has 0 unspecified atom stereocenters. The van der Waals surface area contributed by atoms with Gasteiger partial charge in [-0.3, -0.25) is 9.69 Å². The second kappa shape index (κ2) is 8.36. The molecule has 0 aromatic rings. The van der Waals surface area contributed by atoms with Crippen molar-refractivity contribution in [1.29, 1.82) is 0 Å². The molecule has 2 heterocycles. The van der Waals surface area contributed by atoms with Gasteiger partial charge in [-0.25, -0.2) is 0 Å². The van der Waals surface area contributed by atoms with Gasteiger partial charge >= 0.3 is 0 Å². The van der Waals surface area contributed by atoms with Crippen LogP contribution in [0.4, 0.5) is 0 Å². The van der Waals surface area contributed by atoms with Crippen LogP contribution >= 0.6 is 11.8 Å². The van der Waals surface area contributed by atoms with Crippen molar-refractivity contribution in [2.75, 3.05) is 44.3 Å². The highest BCUT2D eigenvalue weighted by Crippen LogP contribution is 2.21. The minimum absolute atomic E-state index is 0.0400. The van der Waals surface area contributed by atoms with Gasteiger partial charge in [0.2, 0.25) is 5.91 Å². The monoisotopic (exact) mass is 316 g/mol. The molecule has 1 amide bonds. The summed E-state index contributed by atoms with van der Waals surface area (Å²) in [4.78, 5) is 16.8. The Morgan fingerprint density at radius 3 is 2.71 bits per heavy atom. The number of likely N-dealkylation sites (tertiary alicyclic amines) is 1. The van der Waals surface area contributed by atoms with Gasteiger partial charge in [0, 0.05) is 31.1 Å². The molecule has 0 aliphatic carbocycles. The zero-order valence-corrected chi connectivity index (χ0v) is 14.0. The minimum Gasteiger partial charge on any atom is -0.389 e. The molecule has 2 saturated heterocycles. The molecule has 2 atom stereocenters. The molecule has 0 aromatic carbocycles. The van der Waals surface area contributed by atoms with Crippen LogP contribution in [-0.4, -0.2) is 83.4 Å². The quantitative estimate of drug-likeness (QED) is 0.786. The van der Waals surface area contributed by atoms with Crippen LogP contribution in [0.3, 0.4) is 0 Å². The number of hydrogen-bond acceptors (Lipinski definition) is 5. The number of aliphatic hydroxyl groups excluding tert-OH is 1. The van der Waals surface area contributed by atoms with Crippen LogP contribution in [0.1, 0.15) is 26.7 Å². The maximum Gasteiger partial charge on any atom is 0.239 e. The lowest BCUT2D eigenvalue weighted by Crippen LogP contribution is -2.50. The van der Waals surface area contributed by atoms with E-state index in [1.807, 2.05) is 30.5 Å². The predicted molar refractivity (Wildman–Crippen MR) is 85.6 cm³/mol. The first-order valence-corrected chi connectivity index (χ1v) is 9.13. The summed E-state index contributed by atoms with van der Waals surface area (Å²) in [6, 6.07) is -0.0400. The van der Waals surface area contributed by atoms with Crippen LogP contribution in [0.25, 0.3) is 0 Å². The fourth-order valence-electron chi connectivity index (χ4n) is 2.95. The van der Waals surface area contributed by atoms with Gasteiger partial charge in [-0.2, -0.15) is 11.8 Å². The fraction of sp³-hybridized carbons (Fsp3) is 0.933. The molecular formula is C15H28N2O3S. The topological polar surface area (TPSA) is 53.0 Å². The molecule has 21 heavy (non-hydrogen) atoms. The van der Waals surface area contributed by atoms with Crippen LogP contribution in [-0.2, 0) is 9.53 Å². The highest BCUT2D eigenvalue weighted by Gasteiger charge is 2.34. The third-order valence-corrected chi connectivity index (χ3v) is 4.98. The van der Waals surface area contributed by atoms with E-state index in [0.29, 0.717) is 13.2 Å². The van der Waals surface area contributed by atoms with Crippen molar-refractivity contribution in [3.8, 4) is 0 Å². The number of amides is 1. The second-order valence-corrected chi connectivity index (χ2v) is 7.35. The van der Waals surface area contributed by atoms with Gasteiger partial charge in [0.05, 0.1) is 24.9 Å².